The van der Waals surface area contributed by atoms with E-state index in [0.717, 1.165) is 121 Å². The van der Waals surface area contributed by atoms with Crippen molar-refractivity contribution < 1.29 is 80.2 Å². The predicted molar refractivity (Wildman–Crippen MR) is 400 cm³/mol. The van der Waals surface area contributed by atoms with E-state index in [9.17, 15) is 43.2 Å². The standard InChI is InChI=1S/C79H150O17P2/c1-8-9-10-11-12-13-14-15-20-25-28-34-39-48-55-62-78(83)96-75(67-90-77(82)61-54-47-42-41-45-52-59-72(6)7)69-94-98(87,88)92-65-73(80)64-91-97(85,86)93-68-74(95-79(84)63-56-49-40-35-30-29-32-37-44-51-58-71(4)5)66-89-76(81)60-53-46-38-33-27-24-22-19-17-16-18-21-23-26-31-36-43-50-57-70(2)3/h13-15,20,70-75,80H,8-12,16-19,21-69H2,1-7H3,(H,85,86)(H,87,88)/b14-13-,20-15-/t73-,74-,75-/m1/s1. The Morgan fingerprint density at radius 1 is 0.316 bits per heavy atom. The van der Waals surface area contributed by atoms with E-state index in [2.05, 4.69) is 72.8 Å². The molecule has 0 aromatic carbocycles. The summed E-state index contributed by atoms with van der Waals surface area (Å²) in [5.74, 6) is 0.100. The van der Waals surface area contributed by atoms with Crippen molar-refractivity contribution in [2.24, 2.45) is 17.8 Å². The number of rotatable bonds is 75. The molecule has 0 aliphatic rings. The number of carbonyl (C=O) groups is 4. The van der Waals surface area contributed by atoms with Gasteiger partial charge in [-0.3, -0.25) is 37.3 Å². The number of ether oxygens (including phenoxy) is 4. The van der Waals surface area contributed by atoms with Gasteiger partial charge in [-0.1, -0.05) is 330 Å². The Labute approximate surface area is 599 Å². The number of carbonyl (C=O) groups excluding carboxylic acids is 4. The van der Waals surface area contributed by atoms with Crippen LogP contribution in [0.4, 0.5) is 0 Å². The topological polar surface area (TPSA) is 237 Å². The molecule has 0 saturated heterocycles. The molecule has 0 aromatic rings. The first-order chi connectivity index (χ1) is 47.2. The third-order valence-electron chi connectivity index (χ3n) is 17.8. The van der Waals surface area contributed by atoms with E-state index in [0.29, 0.717) is 31.6 Å². The minimum Gasteiger partial charge on any atom is -0.462 e. The van der Waals surface area contributed by atoms with Crippen molar-refractivity contribution in [3.8, 4) is 0 Å². The second-order valence-electron chi connectivity index (χ2n) is 29.2. The van der Waals surface area contributed by atoms with E-state index in [-0.39, 0.29) is 25.7 Å². The molecule has 0 heterocycles. The highest BCUT2D eigenvalue weighted by atomic mass is 31.2. The molecule has 2 unspecified atom stereocenters. The molecular weight excluding hydrogens is 1280 g/mol. The van der Waals surface area contributed by atoms with E-state index in [1.807, 2.05) is 0 Å². The maximum Gasteiger partial charge on any atom is 0.472 e. The molecule has 0 spiro atoms. The third kappa shape index (κ3) is 71.9. The van der Waals surface area contributed by atoms with Crippen LogP contribution in [0, 0.1) is 17.8 Å². The van der Waals surface area contributed by atoms with Gasteiger partial charge < -0.3 is 33.8 Å². The summed E-state index contributed by atoms with van der Waals surface area (Å²) >= 11 is 0. The fourth-order valence-electron chi connectivity index (χ4n) is 11.6. The summed E-state index contributed by atoms with van der Waals surface area (Å²) in [4.78, 5) is 72.8. The summed E-state index contributed by atoms with van der Waals surface area (Å²) in [6.45, 7) is 11.8. The minimum absolute atomic E-state index is 0.0838. The van der Waals surface area contributed by atoms with Crippen LogP contribution in [0.3, 0.4) is 0 Å². The first kappa shape index (κ1) is 95.5. The summed E-state index contributed by atoms with van der Waals surface area (Å²) in [6.07, 6.45) is 59.4. The molecule has 578 valence electrons. The number of esters is 4. The molecule has 0 amide bonds. The highest BCUT2D eigenvalue weighted by Crippen LogP contribution is 2.45. The number of aliphatic hydroxyl groups is 1. The smallest absolute Gasteiger partial charge is 0.462 e. The fraction of sp³-hybridized carbons (Fsp3) is 0.899. The summed E-state index contributed by atoms with van der Waals surface area (Å²) in [5.41, 5.74) is 0. The Morgan fingerprint density at radius 3 is 0.827 bits per heavy atom. The van der Waals surface area contributed by atoms with Crippen LogP contribution in [0.5, 0.6) is 0 Å². The minimum atomic E-state index is -4.96. The lowest BCUT2D eigenvalue weighted by molar-refractivity contribution is -0.161. The summed E-state index contributed by atoms with van der Waals surface area (Å²) in [7, 11) is -9.93. The van der Waals surface area contributed by atoms with Crippen molar-refractivity contribution in [3.63, 3.8) is 0 Å². The van der Waals surface area contributed by atoms with Crippen LogP contribution in [-0.2, 0) is 65.4 Å². The number of aliphatic hydroxyl groups excluding tert-OH is 1. The van der Waals surface area contributed by atoms with Gasteiger partial charge in [0.15, 0.2) is 12.2 Å². The number of allylic oxidation sites excluding steroid dienone is 4. The van der Waals surface area contributed by atoms with Crippen molar-refractivity contribution in [2.75, 3.05) is 39.6 Å². The number of unbranched alkanes of at least 4 members (excludes halogenated alkanes) is 40. The zero-order chi connectivity index (χ0) is 72.3. The van der Waals surface area contributed by atoms with Crippen LogP contribution in [0.15, 0.2) is 24.3 Å². The van der Waals surface area contributed by atoms with E-state index >= 15 is 0 Å². The van der Waals surface area contributed by atoms with Crippen molar-refractivity contribution >= 4 is 39.5 Å². The normalized spacial score (nSPS) is 14.2. The van der Waals surface area contributed by atoms with Gasteiger partial charge in [0.2, 0.25) is 0 Å². The van der Waals surface area contributed by atoms with Gasteiger partial charge in [0.05, 0.1) is 26.4 Å². The van der Waals surface area contributed by atoms with Gasteiger partial charge >= 0.3 is 39.5 Å². The third-order valence-corrected chi connectivity index (χ3v) is 19.7. The van der Waals surface area contributed by atoms with Gasteiger partial charge in [-0.25, -0.2) is 9.13 Å². The lowest BCUT2D eigenvalue weighted by Gasteiger charge is -2.21. The molecule has 0 aliphatic heterocycles. The van der Waals surface area contributed by atoms with Gasteiger partial charge in [0.1, 0.15) is 19.3 Å². The van der Waals surface area contributed by atoms with Crippen molar-refractivity contribution in [1.82, 2.24) is 0 Å². The first-order valence-corrected chi connectivity index (χ1v) is 43.2. The summed E-state index contributed by atoms with van der Waals surface area (Å²) in [5, 5.41) is 10.6. The number of phosphoric acid groups is 2. The van der Waals surface area contributed by atoms with E-state index < -0.39 is 97.5 Å². The van der Waals surface area contributed by atoms with Crippen LogP contribution in [0.1, 0.15) is 382 Å². The van der Waals surface area contributed by atoms with Crippen molar-refractivity contribution in [2.45, 2.75) is 401 Å². The summed E-state index contributed by atoms with van der Waals surface area (Å²) in [6, 6.07) is 0. The lowest BCUT2D eigenvalue weighted by Crippen LogP contribution is -2.30. The zero-order valence-corrected chi connectivity index (χ0v) is 65.5. The predicted octanol–water partition coefficient (Wildman–Crippen LogP) is 22.9. The van der Waals surface area contributed by atoms with Crippen molar-refractivity contribution in [1.29, 1.82) is 0 Å². The molecule has 0 fully saturated rings. The molecule has 0 saturated carbocycles. The monoisotopic (exact) mass is 1430 g/mol. The average Bonchev–Trinajstić information content (AvgIpc) is 0.941. The Morgan fingerprint density at radius 2 is 0.551 bits per heavy atom. The number of hydrogen-bond acceptors (Lipinski definition) is 15. The maximum absolute atomic E-state index is 13.1. The molecule has 17 nitrogen and oxygen atoms in total. The maximum atomic E-state index is 13.1. The van der Waals surface area contributed by atoms with Crippen LogP contribution in [0.2, 0.25) is 0 Å². The molecule has 5 atom stereocenters. The Kier molecular flexibility index (Phi) is 67.2. The fourth-order valence-corrected chi connectivity index (χ4v) is 13.2. The number of phosphoric ester groups is 2. The largest absolute Gasteiger partial charge is 0.472 e. The van der Waals surface area contributed by atoms with E-state index in [4.69, 9.17) is 37.0 Å². The van der Waals surface area contributed by atoms with Gasteiger partial charge in [0, 0.05) is 25.7 Å². The zero-order valence-electron chi connectivity index (χ0n) is 63.7. The SMILES string of the molecule is CCCCCC/C=C\C=C/CCCCCCCC(=O)O[C@H](COC(=O)CCCCCCCCC(C)C)COP(=O)(O)OC[C@H](O)COP(=O)(O)OC[C@@H](COC(=O)CCCCCCCCCCCCCCCCCCCCC(C)C)OC(=O)CCCCCCCCCCCCC(C)C. The Bertz CT molecular complexity index is 2000. The molecular formula is C79H150O17P2. The second-order valence-corrected chi connectivity index (χ2v) is 32.1. The quantitative estimate of drug-likeness (QED) is 0.0169. The second kappa shape index (κ2) is 68.9. The molecule has 98 heavy (non-hydrogen) atoms. The molecule has 0 radical (unpaired) electrons. The van der Waals surface area contributed by atoms with Gasteiger partial charge in [0.25, 0.3) is 0 Å². The molecule has 0 rings (SSSR count). The molecule has 0 aromatic heterocycles. The average molecular weight is 1430 g/mol. The van der Waals surface area contributed by atoms with E-state index in [1.165, 1.54) is 173 Å². The lowest BCUT2D eigenvalue weighted by atomic mass is 10.0. The van der Waals surface area contributed by atoms with Crippen LogP contribution in [0.25, 0.3) is 0 Å². The van der Waals surface area contributed by atoms with Gasteiger partial charge in [-0.2, -0.15) is 0 Å². The highest BCUT2D eigenvalue weighted by Gasteiger charge is 2.30. The van der Waals surface area contributed by atoms with Crippen LogP contribution >= 0.6 is 15.6 Å². The van der Waals surface area contributed by atoms with Gasteiger partial charge in [-0.05, 0) is 69.1 Å². The number of hydrogen-bond donors (Lipinski definition) is 3. The Balaban J connectivity index is 5.21. The summed E-state index contributed by atoms with van der Waals surface area (Å²) < 4.78 is 68.5. The van der Waals surface area contributed by atoms with Crippen LogP contribution < -0.4 is 0 Å². The molecule has 0 bridgehead atoms. The first-order valence-electron chi connectivity index (χ1n) is 40.2. The Hall–Kier alpha value is -2.46. The molecule has 3 N–H and O–H groups in total. The van der Waals surface area contributed by atoms with Crippen molar-refractivity contribution in [3.05, 3.63) is 24.3 Å². The highest BCUT2D eigenvalue weighted by molar-refractivity contribution is 7.47. The van der Waals surface area contributed by atoms with E-state index in [1.54, 1.807) is 0 Å². The van der Waals surface area contributed by atoms with Gasteiger partial charge in [-0.15, -0.1) is 0 Å². The molecule has 19 heteroatoms. The van der Waals surface area contributed by atoms with Crippen LogP contribution in [-0.4, -0.2) is 96.7 Å². The molecule has 0 aliphatic carbocycles.